The number of amides is 1. The van der Waals surface area contributed by atoms with Crippen molar-refractivity contribution in [2.24, 2.45) is 0 Å². The van der Waals surface area contributed by atoms with Crippen LogP contribution < -0.4 is 19.5 Å². The third kappa shape index (κ3) is 5.87. The number of benzene rings is 2. The number of carbonyl (C=O) groups excluding carboxylic acids is 1. The first kappa shape index (κ1) is 21.9. The minimum absolute atomic E-state index is 0.0679. The van der Waals surface area contributed by atoms with Crippen LogP contribution >= 0.6 is 0 Å². The van der Waals surface area contributed by atoms with Crippen LogP contribution in [-0.4, -0.2) is 47.3 Å². The maximum absolute atomic E-state index is 12.6. The molecule has 0 bridgehead atoms. The Morgan fingerprint density at radius 2 is 1.97 bits per heavy atom. The molecule has 0 radical (unpaired) electrons. The lowest BCUT2D eigenvalue weighted by molar-refractivity contribution is -0.123. The van der Waals surface area contributed by atoms with Gasteiger partial charge in [0.05, 0.1) is 18.1 Å². The van der Waals surface area contributed by atoms with Crippen molar-refractivity contribution in [2.45, 2.75) is 30.8 Å². The molecule has 0 unspecified atom stereocenters. The number of hydrogen-bond acceptors (Lipinski definition) is 6. The molecule has 3 rings (SSSR count). The molecule has 1 aliphatic heterocycles. The quantitative estimate of drug-likeness (QED) is 0.629. The Balaban J connectivity index is 1.57. The molecule has 8 nitrogen and oxygen atoms in total. The van der Waals surface area contributed by atoms with Gasteiger partial charge in [-0.2, -0.15) is 0 Å². The summed E-state index contributed by atoms with van der Waals surface area (Å²) in [6.07, 6.45) is 2.03. The van der Waals surface area contributed by atoms with Gasteiger partial charge in [0, 0.05) is 18.8 Å². The van der Waals surface area contributed by atoms with Crippen molar-refractivity contribution in [1.82, 2.24) is 5.32 Å². The fraction of sp³-hybridized carbons (Fsp3) is 0.381. The van der Waals surface area contributed by atoms with Gasteiger partial charge in [-0.15, -0.1) is 0 Å². The number of sulfonamides is 1. The third-order valence-corrected chi connectivity index (χ3v) is 6.09. The van der Waals surface area contributed by atoms with E-state index in [4.69, 9.17) is 14.2 Å². The summed E-state index contributed by atoms with van der Waals surface area (Å²) in [7, 11) is -2.22. The summed E-state index contributed by atoms with van der Waals surface area (Å²) in [5.41, 5.74) is 1.04. The summed E-state index contributed by atoms with van der Waals surface area (Å²) < 4.78 is 43.9. The maximum Gasteiger partial charge on any atom is 0.261 e. The molecule has 1 atom stereocenters. The van der Waals surface area contributed by atoms with Crippen LogP contribution in [0, 0.1) is 6.92 Å². The lowest BCUT2D eigenvalue weighted by Crippen LogP contribution is -2.35. The summed E-state index contributed by atoms with van der Waals surface area (Å²) in [5.74, 6) is 0.837. The first-order chi connectivity index (χ1) is 14.4. The second kappa shape index (κ2) is 9.82. The molecule has 2 aromatic rings. The van der Waals surface area contributed by atoms with Crippen molar-refractivity contribution >= 4 is 21.6 Å². The van der Waals surface area contributed by atoms with E-state index in [9.17, 15) is 13.2 Å². The molecule has 9 heteroatoms. The molecule has 30 heavy (non-hydrogen) atoms. The number of carbonyl (C=O) groups is 1. The van der Waals surface area contributed by atoms with Gasteiger partial charge in [0.2, 0.25) is 0 Å². The van der Waals surface area contributed by atoms with Gasteiger partial charge in [0.15, 0.2) is 6.61 Å². The number of anilines is 1. The predicted octanol–water partition coefficient (Wildman–Crippen LogP) is 2.48. The van der Waals surface area contributed by atoms with E-state index in [0.717, 1.165) is 19.4 Å². The average Bonchev–Trinajstić information content (AvgIpc) is 3.25. The number of nitrogens with one attached hydrogen (secondary N) is 2. The van der Waals surface area contributed by atoms with Crippen LogP contribution in [0.4, 0.5) is 5.69 Å². The first-order valence-corrected chi connectivity index (χ1v) is 11.1. The third-order valence-electron chi connectivity index (χ3n) is 4.71. The van der Waals surface area contributed by atoms with Crippen LogP contribution in [0.3, 0.4) is 0 Å². The monoisotopic (exact) mass is 434 g/mol. The second-order valence-electron chi connectivity index (χ2n) is 6.99. The molecular formula is C21H26N2O6S. The lowest BCUT2D eigenvalue weighted by Gasteiger charge is -2.13. The number of methoxy groups -OCH3 is 1. The molecule has 1 saturated heterocycles. The Morgan fingerprint density at radius 1 is 1.20 bits per heavy atom. The highest BCUT2D eigenvalue weighted by molar-refractivity contribution is 7.92. The van der Waals surface area contributed by atoms with E-state index in [2.05, 4.69) is 10.0 Å². The summed E-state index contributed by atoms with van der Waals surface area (Å²) in [6, 6.07) is 11.1. The number of aryl methyl sites for hydroxylation is 1. The maximum atomic E-state index is 12.6. The van der Waals surface area contributed by atoms with Gasteiger partial charge in [-0.05, 0) is 67.8 Å². The van der Waals surface area contributed by atoms with Gasteiger partial charge in [-0.1, -0.05) is 0 Å². The van der Waals surface area contributed by atoms with E-state index in [-0.39, 0.29) is 23.5 Å². The molecule has 2 aromatic carbocycles. The number of ether oxygens (including phenoxy) is 3. The van der Waals surface area contributed by atoms with Crippen molar-refractivity contribution < 1.29 is 27.4 Å². The summed E-state index contributed by atoms with van der Waals surface area (Å²) in [5, 5.41) is 2.78. The van der Waals surface area contributed by atoms with E-state index in [0.29, 0.717) is 29.3 Å². The van der Waals surface area contributed by atoms with Crippen molar-refractivity contribution in [3.8, 4) is 11.5 Å². The molecular weight excluding hydrogens is 408 g/mol. The normalized spacial score (nSPS) is 16.1. The van der Waals surface area contributed by atoms with Gasteiger partial charge in [0.25, 0.3) is 15.9 Å². The Kier molecular flexibility index (Phi) is 7.17. The first-order valence-electron chi connectivity index (χ1n) is 9.66. The van der Waals surface area contributed by atoms with E-state index in [1.807, 2.05) is 0 Å². The van der Waals surface area contributed by atoms with Gasteiger partial charge < -0.3 is 19.5 Å². The van der Waals surface area contributed by atoms with Gasteiger partial charge in [-0.25, -0.2) is 8.42 Å². The van der Waals surface area contributed by atoms with Crippen molar-refractivity contribution in [3.63, 3.8) is 0 Å². The van der Waals surface area contributed by atoms with Gasteiger partial charge in [-0.3, -0.25) is 9.52 Å². The second-order valence-corrected chi connectivity index (χ2v) is 8.67. The van der Waals surface area contributed by atoms with Crippen LogP contribution in [0.15, 0.2) is 47.4 Å². The van der Waals surface area contributed by atoms with Crippen molar-refractivity contribution in [2.75, 3.05) is 31.6 Å². The minimum Gasteiger partial charge on any atom is -0.497 e. The number of rotatable bonds is 9. The summed E-state index contributed by atoms with van der Waals surface area (Å²) in [6.45, 7) is 2.78. The molecule has 1 fully saturated rings. The van der Waals surface area contributed by atoms with Crippen LogP contribution in [0.2, 0.25) is 0 Å². The van der Waals surface area contributed by atoms with Crippen LogP contribution in [0.5, 0.6) is 11.5 Å². The minimum atomic E-state index is -3.76. The zero-order valence-corrected chi connectivity index (χ0v) is 17.8. The molecule has 162 valence electrons. The summed E-state index contributed by atoms with van der Waals surface area (Å²) >= 11 is 0. The summed E-state index contributed by atoms with van der Waals surface area (Å²) in [4.78, 5) is 12.1. The van der Waals surface area contributed by atoms with Crippen LogP contribution in [-0.2, 0) is 19.6 Å². The molecule has 0 saturated carbocycles. The largest absolute Gasteiger partial charge is 0.497 e. The molecule has 0 aromatic heterocycles. The predicted molar refractivity (Wildman–Crippen MR) is 112 cm³/mol. The van der Waals surface area contributed by atoms with Crippen molar-refractivity contribution in [3.05, 3.63) is 48.0 Å². The SMILES string of the molecule is COc1ccc(NS(=O)(=O)c2ccc(OCC(=O)NC[C@H]3CCCO3)c(C)c2)cc1. The smallest absolute Gasteiger partial charge is 0.261 e. The fourth-order valence-corrected chi connectivity index (χ4v) is 4.19. The van der Waals surface area contributed by atoms with Gasteiger partial charge >= 0.3 is 0 Å². The van der Waals surface area contributed by atoms with Crippen LogP contribution in [0.25, 0.3) is 0 Å². The Labute approximate surface area is 176 Å². The zero-order valence-electron chi connectivity index (χ0n) is 17.0. The topological polar surface area (TPSA) is 103 Å². The molecule has 1 heterocycles. The zero-order chi connectivity index (χ0) is 21.6. The highest BCUT2D eigenvalue weighted by atomic mass is 32.2. The van der Waals surface area contributed by atoms with Crippen molar-refractivity contribution in [1.29, 1.82) is 0 Å². The highest BCUT2D eigenvalue weighted by Crippen LogP contribution is 2.24. The Hall–Kier alpha value is -2.78. The molecule has 0 spiro atoms. The molecule has 2 N–H and O–H groups in total. The van der Waals surface area contributed by atoms with E-state index in [1.54, 1.807) is 44.4 Å². The molecule has 1 amide bonds. The van der Waals surface area contributed by atoms with E-state index < -0.39 is 10.0 Å². The Bertz CT molecular complexity index is 969. The van der Waals surface area contributed by atoms with E-state index >= 15 is 0 Å². The standard InChI is InChI=1S/C21H26N2O6S/c1-15-12-19(30(25,26)23-16-5-7-17(27-2)8-6-16)9-10-20(15)29-14-21(24)22-13-18-4-3-11-28-18/h5-10,12,18,23H,3-4,11,13-14H2,1-2H3,(H,22,24)/t18-/m1/s1. The van der Waals surface area contributed by atoms with E-state index in [1.165, 1.54) is 12.1 Å². The Morgan fingerprint density at radius 3 is 2.60 bits per heavy atom. The molecule has 0 aliphatic carbocycles. The number of hydrogen-bond donors (Lipinski definition) is 2. The highest BCUT2D eigenvalue weighted by Gasteiger charge is 2.18. The lowest BCUT2D eigenvalue weighted by atomic mass is 10.2. The van der Waals surface area contributed by atoms with Gasteiger partial charge in [0.1, 0.15) is 11.5 Å². The average molecular weight is 435 g/mol. The van der Waals surface area contributed by atoms with Crippen LogP contribution in [0.1, 0.15) is 18.4 Å². The fourth-order valence-electron chi connectivity index (χ4n) is 3.05. The molecule has 1 aliphatic rings.